The summed E-state index contributed by atoms with van der Waals surface area (Å²) in [4.78, 5) is 18.1. The molecule has 4 nitrogen and oxygen atoms in total. The molecule has 0 aliphatic heterocycles. The van der Waals surface area contributed by atoms with Crippen molar-refractivity contribution in [2.45, 2.75) is 46.6 Å². The van der Waals surface area contributed by atoms with Gasteiger partial charge in [-0.05, 0) is 19.3 Å². The van der Waals surface area contributed by atoms with Crippen LogP contribution in [0.1, 0.15) is 49.5 Å². The van der Waals surface area contributed by atoms with Crippen molar-refractivity contribution in [3.05, 3.63) is 10.6 Å². The molecule has 0 amide bonds. The third kappa shape index (κ3) is 3.22. The van der Waals surface area contributed by atoms with E-state index in [-0.39, 0.29) is 0 Å². The average molecular weight is 270 g/mol. The van der Waals surface area contributed by atoms with Crippen LogP contribution in [0.25, 0.3) is 0 Å². The zero-order chi connectivity index (χ0) is 13.9. The Labute approximate surface area is 113 Å². The van der Waals surface area contributed by atoms with Gasteiger partial charge in [0.2, 0.25) is 0 Å². The molecule has 0 spiro atoms. The third-order valence-corrected chi connectivity index (χ3v) is 4.42. The largest absolute Gasteiger partial charge is 0.477 e. The van der Waals surface area contributed by atoms with Gasteiger partial charge in [0.25, 0.3) is 0 Å². The van der Waals surface area contributed by atoms with Gasteiger partial charge < -0.3 is 10.0 Å². The van der Waals surface area contributed by atoms with Crippen molar-refractivity contribution in [1.82, 2.24) is 4.98 Å². The zero-order valence-electron chi connectivity index (χ0n) is 11.7. The highest BCUT2D eigenvalue weighted by Crippen LogP contribution is 2.29. The molecule has 102 valence electrons. The molecule has 1 unspecified atom stereocenters. The predicted molar refractivity (Wildman–Crippen MR) is 75.8 cm³/mol. The fourth-order valence-corrected chi connectivity index (χ4v) is 2.69. The van der Waals surface area contributed by atoms with Crippen molar-refractivity contribution < 1.29 is 9.90 Å². The number of aromatic carboxylic acids is 1. The summed E-state index contributed by atoms with van der Waals surface area (Å²) in [5, 5.41) is 9.99. The van der Waals surface area contributed by atoms with E-state index in [2.05, 4.69) is 30.7 Å². The molecule has 1 aromatic heterocycles. The molecule has 1 aromatic rings. The Morgan fingerprint density at radius 1 is 1.44 bits per heavy atom. The van der Waals surface area contributed by atoms with Gasteiger partial charge in [-0.2, -0.15) is 0 Å². The van der Waals surface area contributed by atoms with Crippen molar-refractivity contribution in [2.75, 3.05) is 11.9 Å². The minimum atomic E-state index is -0.868. The van der Waals surface area contributed by atoms with Crippen molar-refractivity contribution in [2.24, 2.45) is 5.92 Å². The van der Waals surface area contributed by atoms with Gasteiger partial charge in [0.05, 0.1) is 5.69 Å². The molecular weight excluding hydrogens is 248 g/mol. The number of rotatable bonds is 6. The van der Waals surface area contributed by atoms with Crippen LogP contribution in [0.2, 0.25) is 0 Å². The van der Waals surface area contributed by atoms with Crippen molar-refractivity contribution in [1.29, 1.82) is 0 Å². The van der Waals surface area contributed by atoms with E-state index in [4.69, 9.17) is 0 Å². The highest BCUT2D eigenvalue weighted by Gasteiger charge is 2.22. The summed E-state index contributed by atoms with van der Waals surface area (Å²) in [6.07, 6.45) is 1.63. The van der Waals surface area contributed by atoms with E-state index in [0.29, 0.717) is 22.5 Å². The van der Waals surface area contributed by atoms with Gasteiger partial charge in [-0.3, -0.25) is 0 Å². The number of carboxylic acids is 1. The molecular formula is C13H22N2O2S. The molecule has 1 heterocycles. The molecule has 1 atom stereocenters. The van der Waals surface area contributed by atoms with Crippen LogP contribution in [0, 0.1) is 5.92 Å². The van der Waals surface area contributed by atoms with E-state index >= 15 is 0 Å². The summed E-state index contributed by atoms with van der Waals surface area (Å²) in [6, 6.07) is 0.340. The van der Waals surface area contributed by atoms with Crippen LogP contribution >= 0.6 is 11.3 Å². The van der Waals surface area contributed by atoms with Gasteiger partial charge in [-0.15, -0.1) is 0 Å². The second-order valence-electron chi connectivity index (χ2n) is 4.92. The maximum absolute atomic E-state index is 11.2. The highest BCUT2D eigenvalue weighted by atomic mass is 32.1. The van der Waals surface area contributed by atoms with Crippen LogP contribution in [-0.4, -0.2) is 29.1 Å². The maximum Gasteiger partial charge on any atom is 0.347 e. The number of hydrogen-bond acceptors (Lipinski definition) is 4. The van der Waals surface area contributed by atoms with Gasteiger partial charge in [0, 0.05) is 13.1 Å². The molecule has 0 saturated carbocycles. The topological polar surface area (TPSA) is 53.4 Å². The lowest BCUT2D eigenvalue weighted by atomic mass is 10.1. The smallest absolute Gasteiger partial charge is 0.347 e. The number of thiazole rings is 1. The van der Waals surface area contributed by atoms with Crippen LogP contribution < -0.4 is 4.90 Å². The van der Waals surface area contributed by atoms with Crippen molar-refractivity contribution in [3.8, 4) is 0 Å². The van der Waals surface area contributed by atoms with Crippen molar-refractivity contribution in [3.63, 3.8) is 0 Å². The van der Waals surface area contributed by atoms with Crippen LogP contribution in [0.5, 0.6) is 0 Å². The van der Waals surface area contributed by atoms with Crippen LogP contribution in [0.3, 0.4) is 0 Å². The van der Waals surface area contributed by atoms with Crippen LogP contribution in [-0.2, 0) is 6.42 Å². The first-order valence-electron chi connectivity index (χ1n) is 6.34. The summed E-state index contributed by atoms with van der Waals surface area (Å²) >= 11 is 1.28. The quantitative estimate of drug-likeness (QED) is 0.862. The van der Waals surface area contributed by atoms with Crippen LogP contribution in [0.15, 0.2) is 0 Å². The Bertz CT molecular complexity index is 415. The Morgan fingerprint density at radius 3 is 2.50 bits per heavy atom. The molecule has 1 rings (SSSR count). The Hall–Kier alpha value is -1.10. The Balaban J connectivity index is 3.03. The molecule has 0 aromatic carbocycles. The number of aromatic nitrogens is 1. The highest BCUT2D eigenvalue weighted by molar-refractivity contribution is 7.17. The van der Waals surface area contributed by atoms with Gasteiger partial charge in [-0.1, -0.05) is 38.5 Å². The molecule has 0 saturated heterocycles. The predicted octanol–water partition coefficient (Wildman–Crippen LogP) is 3.27. The molecule has 0 radical (unpaired) electrons. The minimum absolute atomic E-state index is 0.340. The second-order valence-corrected chi connectivity index (χ2v) is 5.90. The fraction of sp³-hybridized carbons (Fsp3) is 0.692. The maximum atomic E-state index is 11.2. The number of anilines is 1. The number of carbonyl (C=O) groups is 1. The van der Waals surface area contributed by atoms with Gasteiger partial charge in [0.1, 0.15) is 4.88 Å². The number of aryl methyl sites for hydroxylation is 1. The first-order valence-corrected chi connectivity index (χ1v) is 7.15. The number of nitrogens with zero attached hydrogens (tertiary/aromatic N) is 2. The monoisotopic (exact) mass is 270 g/mol. The second kappa shape index (κ2) is 6.18. The van der Waals surface area contributed by atoms with E-state index in [9.17, 15) is 9.90 Å². The summed E-state index contributed by atoms with van der Waals surface area (Å²) in [7, 11) is 1.98. The van der Waals surface area contributed by atoms with Crippen molar-refractivity contribution >= 4 is 22.4 Å². The Kier molecular flexibility index (Phi) is 5.14. The SMILES string of the molecule is CCCc1nc(N(C)C(C)C(C)C)sc1C(=O)O. The van der Waals surface area contributed by atoms with E-state index in [1.54, 1.807) is 0 Å². The molecule has 5 heteroatoms. The lowest BCUT2D eigenvalue weighted by molar-refractivity contribution is 0.0700. The van der Waals surface area contributed by atoms with E-state index < -0.39 is 5.97 Å². The number of carboxylic acid groups (broad SMARTS) is 1. The standard InChI is InChI=1S/C13H22N2O2S/c1-6-7-10-11(12(16)17)18-13(14-10)15(5)9(4)8(2)3/h8-9H,6-7H2,1-5H3,(H,16,17). The lowest BCUT2D eigenvalue weighted by Crippen LogP contribution is -2.33. The fourth-order valence-electron chi connectivity index (χ4n) is 1.68. The molecule has 0 fully saturated rings. The number of hydrogen-bond donors (Lipinski definition) is 1. The van der Waals surface area contributed by atoms with Gasteiger partial charge in [0.15, 0.2) is 5.13 Å². The van der Waals surface area contributed by atoms with E-state index in [1.807, 2.05) is 14.0 Å². The average Bonchev–Trinajstić information content (AvgIpc) is 2.71. The van der Waals surface area contributed by atoms with Gasteiger partial charge >= 0.3 is 5.97 Å². The summed E-state index contributed by atoms with van der Waals surface area (Å²) in [5.74, 6) is -0.366. The zero-order valence-corrected chi connectivity index (χ0v) is 12.5. The minimum Gasteiger partial charge on any atom is -0.477 e. The molecule has 0 aliphatic carbocycles. The Morgan fingerprint density at radius 2 is 2.06 bits per heavy atom. The van der Waals surface area contributed by atoms with Crippen LogP contribution in [0.4, 0.5) is 5.13 Å². The third-order valence-electron chi connectivity index (χ3n) is 3.24. The van der Waals surface area contributed by atoms with Gasteiger partial charge in [-0.25, -0.2) is 9.78 Å². The first-order chi connectivity index (χ1) is 8.38. The molecule has 0 bridgehead atoms. The summed E-state index contributed by atoms with van der Waals surface area (Å²) in [6.45, 7) is 8.47. The molecule has 18 heavy (non-hydrogen) atoms. The lowest BCUT2D eigenvalue weighted by Gasteiger charge is -2.27. The first kappa shape index (κ1) is 15.0. The van der Waals surface area contributed by atoms with E-state index in [1.165, 1.54) is 11.3 Å². The summed E-state index contributed by atoms with van der Waals surface area (Å²) < 4.78 is 0. The summed E-state index contributed by atoms with van der Waals surface area (Å²) in [5.41, 5.74) is 0.716. The normalized spacial score (nSPS) is 12.8. The molecule has 1 N–H and O–H groups in total. The van der Waals surface area contributed by atoms with E-state index in [0.717, 1.165) is 18.0 Å². The molecule has 0 aliphatic rings.